The molecular formula is C21H23N3O2S. The molecule has 1 aromatic heterocycles. The van der Waals surface area contributed by atoms with Crippen LogP contribution in [0.2, 0.25) is 0 Å². The van der Waals surface area contributed by atoms with Crippen molar-refractivity contribution in [2.45, 2.75) is 19.7 Å². The lowest BCUT2D eigenvalue weighted by atomic mass is 10.1. The lowest BCUT2D eigenvalue weighted by molar-refractivity contribution is 0.0951. The third-order valence-corrected chi connectivity index (χ3v) is 4.60. The zero-order valence-electron chi connectivity index (χ0n) is 15.5. The van der Waals surface area contributed by atoms with Crippen LogP contribution in [0.4, 0.5) is 0 Å². The third kappa shape index (κ3) is 5.91. The van der Waals surface area contributed by atoms with Crippen molar-refractivity contribution in [2.75, 3.05) is 14.1 Å². The second-order valence-electron chi connectivity index (χ2n) is 6.53. The van der Waals surface area contributed by atoms with Gasteiger partial charge in [-0.3, -0.25) is 4.79 Å². The van der Waals surface area contributed by atoms with Crippen molar-refractivity contribution >= 4 is 17.2 Å². The van der Waals surface area contributed by atoms with Crippen LogP contribution in [0.15, 0.2) is 59.4 Å². The number of benzene rings is 2. The Balaban J connectivity index is 1.49. The van der Waals surface area contributed by atoms with Crippen LogP contribution in [0, 0.1) is 0 Å². The summed E-state index contributed by atoms with van der Waals surface area (Å²) in [5.41, 5.74) is 5.62. The number of carbonyl (C=O) groups is 1. The Morgan fingerprint density at radius 3 is 2.41 bits per heavy atom. The number of nitrogens with zero attached hydrogens (tertiary/aromatic N) is 2. The van der Waals surface area contributed by atoms with E-state index >= 15 is 0 Å². The molecule has 0 fully saturated rings. The largest absolute Gasteiger partial charge is 0.487 e. The smallest absolute Gasteiger partial charge is 0.251 e. The van der Waals surface area contributed by atoms with Crippen molar-refractivity contribution in [3.8, 4) is 5.75 Å². The Bertz CT molecular complexity index is 844. The SMILES string of the molecule is CN(C)Cc1ccc(CNC(=O)c2ccc(OCc3cscn3)cc2)cc1. The van der Waals surface area contributed by atoms with E-state index in [1.165, 1.54) is 5.56 Å². The highest BCUT2D eigenvalue weighted by molar-refractivity contribution is 7.07. The summed E-state index contributed by atoms with van der Waals surface area (Å²) < 4.78 is 5.66. The first-order valence-electron chi connectivity index (χ1n) is 8.71. The third-order valence-electron chi connectivity index (χ3n) is 3.96. The Hall–Kier alpha value is -2.70. The van der Waals surface area contributed by atoms with Crippen LogP contribution < -0.4 is 10.1 Å². The van der Waals surface area contributed by atoms with E-state index in [9.17, 15) is 4.79 Å². The van der Waals surface area contributed by atoms with Gasteiger partial charge in [-0.25, -0.2) is 4.98 Å². The van der Waals surface area contributed by atoms with Crippen molar-refractivity contribution in [1.29, 1.82) is 0 Å². The van der Waals surface area contributed by atoms with Gasteiger partial charge in [0.25, 0.3) is 5.91 Å². The molecule has 0 aliphatic heterocycles. The monoisotopic (exact) mass is 381 g/mol. The van der Waals surface area contributed by atoms with Crippen LogP contribution in [-0.4, -0.2) is 29.9 Å². The van der Waals surface area contributed by atoms with Gasteiger partial charge >= 0.3 is 0 Å². The molecule has 0 aliphatic rings. The van der Waals surface area contributed by atoms with Crippen LogP contribution in [0.3, 0.4) is 0 Å². The molecule has 1 heterocycles. The highest BCUT2D eigenvalue weighted by Crippen LogP contribution is 2.14. The Labute approximate surface area is 163 Å². The molecule has 5 nitrogen and oxygen atoms in total. The Kier molecular flexibility index (Phi) is 6.57. The minimum absolute atomic E-state index is 0.0987. The number of hydrogen-bond acceptors (Lipinski definition) is 5. The summed E-state index contributed by atoms with van der Waals surface area (Å²) in [5, 5.41) is 4.90. The topological polar surface area (TPSA) is 54.5 Å². The van der Waals surface area contributed by atoms with Crippen molar-refractivity contribution in [3.05, 3.63) is 81.8 Å². The number of carbonyl (C=O) groups excluding carboxylic acids is 1. The maximum atomic E-state index is 12.3. The van der Waals surface area contributed by atoms with Crippen molar-refractivity contribution < 1.29 is 9.53 Å². The summed E-state index contributed by atoms with van der Waals surface area (Å²) in [7, 11) is 4.09. The van der Waals surface area contributed by atoms with Gasteiger partial charge in [-0.1, -0.05) is 24.3 Å². The molecule has 6 heteroatoms. The maximum absolute atomic E-state index is 12.3. The average molecular weight is 382 g/mol. The van der Waals surface area contributed by atoms with Gasteiger partial charge in [-0.05, 0) is 49.5 Å². The van der Waals surface area contributed by atoms with E-state index < -0.39 is 0 Å². The summed E-state index contributed by atoms with van der Waals surface area (Å²) >= 11 is 1.54. The Morgan fingerprint density at radius 1 is 1.07 bits per heavy atom. The fourth-order valence-electron chi connectivity index (χ4n) is 2.58. The van der Waals surface area contributed by atoms with Crippen LogP contribution in [0.1, 0.15) is 27.2 Å². The average Bonchev–Trinajstić information content (AvgIpc) is 3.19. The standard InChI is InChI=1S/C21H23N3O2S/c1-24(2)12-17-5-3-16(4-6-17)11-22-21(25)18-7-9-20(10-8-18)26-13-19-14-27-15-23-19/h3-10,14-15H,11-13H2,1-2H3,(H,22,25). The molecule has 1 N–H and O–H groups in total. The lowest BCUT2D eigenvalue weighted by Crippen LogP contribution is -2.22. The molecule has 0 aliphatic carbocycles. The minimum atomic E-state index is -0.0987. The van der Waals surface area contributed by atoms with Gasteiger partial charge in [-0.2, -0.15) is 0 Å². The maximum Gasteiger partial charge on any atom is 0.251 e. The summed E-state index contributed by atoms with van der Waals surface area (Å²) in [6, 6.07) is 15.4. The summed E-state index contributed by atoms with van der Waals surface area (Å²) in [4.78, 5) is 18.6. The van der Waals surface area contributed by atoms with Gasteiger partial charge in [0, 0.05) is 24.0 Å². The molecule has 0 atom stereocenters. The highest BCUT2D eigenvalue weighted by atomic mass is 32.1. The predicted octanol–water partition coefficient (Wildman–Crippen LogP) is 3.71. The minimum Gasteiger partial charge on any atom is -0.487 e. The number of aromatic nitrogens is 1. The number of amides is 1. The van der Waals surface area contributed by atoms with E-state index in [2.05, 4.69) is 39.5 Å². The molecule has 2 aromatic carbocycles. The number of hydrogen-bond donors (Lipinski definition) is 1. The molecule has 140 valence electrons. The van der Waals surface area contributed by atoms with Crippen LogP contribution in [0.25, 0.3) is 0 Å². The van der Waals surface area contributed by atoms with Crippen LogP contribution in [0.5, 0.6) is 5.75 Å². The number of nitrogens with one attached hydrogen (secondary N) is 1. The first-order chi connectivity index (χ1) is 13.1. The molecule has 0 saturated carbocycles. The van der Waals surface area contributed by atoms with Gasteiger partial charge in [-0.15, -0.1) is 11.3 Å². The van der Waals surface area contributed by atoms with Crippen LogP contribution in [-0.2, 0) is 19.7 Å². The summed E-state index contributed by atoms with van der Waals surface area (Å²) in [5.74, 6) is 0.620. The second kappa shape index (κ2) is 9.30. The number of ether oxygens (including phenoxy) is 1. The lowest BCUT2D eigenvalue weighted by Gasteiger charge is -2.11. The Morgan fingerprint density at radius 2 is 1.78 bits per heavy atom. The van der Waals surface area contributed by atoms with E-state index in [4.69, 9.17) is 4.74 Å². The van der Waals surface area contributed by atoms with Gasteiger partial charge in [0.1, 0.15) is 12.4 Å². The molecule has 3 rings (SSSR count). The number of thiazole rings is 1. The van der Waals surface area contributed by atoms with Gasteiger partial charge in [0.15, 0.2) is 0 Å². The van der Waals surface area contributed by atoms with Gasteiger partial charge in [0.2, 0.25) is 0 Å². The quantitative estimate of drug-likeness (QED) is 0.646. The highest BCUT2D eigenvalue weighted by Gasteiger charge is 2.06. The molecule has 0 bridgehead atoms. The first kappa shape index (κ1) is 19.1. The fourth-order valence-corrected chi connectivity index (χ4v) is 3.12. The molecule has 27 heavy (non-hydrogen) atoms. The molecule has 0 spiro atoms. The van der Waals surface area contributed by atoms with Gasteiger partial charge in [0.05, 0.1) is 11.2 Å². The first-order valence-corrected chi connectivity index (χ1v) is 9.65. The summed E-state index contributed by atoms with van der Waals surface area (Å²) in [6.45, 7) is 1.84. The van der Waals surface area contributed by atoms with Crippen molar-refractivity contribution in [3.63, 3.8) is 0 Å². The zero-order valence-corrected chi connectivity index (χ0v) is 16.3. The van der Waals surface area contributed by atoms with Crippen molar-refractivity contribution in [1.82, 2.24) is 15.2 Å². The molecule has 0 unspecified atom stereocenters. The van der Waals surface area contributed by atoms with E-state index in [0.29, 0.717) is 18.7 Å². The zero-order chi connectivity index (χ0) is 19.1. The van der Waals surface area contributed by atoms with Crippen molar-refractivity contribution in [2.24, 2.45) is 0 Å². The number of rotatable bonds is 8. The molecule has 3 aromatic rings. The normalized spacial score (nSPS) is 10.8. The fraction of sp³-hybridized carbons (Fsp3) is 0.238. The van der Waals surface area contributed by atoms with E-state index in [1.54, 1.807) is 41.1 Å². The predicted molar refractivity (Wildman–Crippen MR) is 108 cm³/mol. The summed E-state index contributed by atoms with van der Waals surface area (Å²) in [6.07, 6.45) is 0. The second-order valence-corrected chi connectivity index (χ2v) is 7.25. The molecule has 1 amide bonds. The van der Waals surface area contributed by atoms with Gasteiger partial charge < -0.3 is 15.0 Å². The van der Waals surface area contributed by atoms with E-state index in [0.717, 1.165) is 23.6 Å². The molecular weight excluding hydrogens is 358 g/mol. The van der Waals surface area contributed by atoms with E-state index in [-0.39, 0.29) is 5.91 Å². The molecule has 0 saturated heterocycles. The van der Waals surface area contributed by atoms with E-state index in [1.807, 2.05) is 19.5 Å². The van der Waals surface area contributed by atoms with Crippen LogP contribution >= 0.6 is 11.3 Å². The molecule has 0 radical (unpaired) electrons.